The third kappa shape index (κ3) is 4.84. The van der Waals surface area contributed by atoms with Crippen LogP contribution in [0.2, 0.25) is 0 Å². The van der Waals surface area contributed by atoms with Crippen molar-refractivity contribution >= 4 is 33.4 Å². The predicted molar refractivity (Wildman–Crippen MR) is 120 cm³/mol. The molecule has 2 N–H and O–H groups in total. The lowest BCUT2D eigenvalue weighted by Crippen LogP contribution is -2.14. The van der Waals surface area contributed by atoms with Crippen LogP contribution in [-0.4, -0.2) is 28.2 Å². The van der Waals surface area contributed by atoms with Gasteiger partial charge in [-0.15, -0.1) is 0 Å². The fourth-order valence-electron chi connectivity index (χ4n) is 3.05. The second-order valence-electron chi connectivity index (χ2n) is 6.77. The number of hydrogen-bond donors (Lipinski definition) is 2. The lowest BCUT2D eigenvalue weighted by Gasteiger charge is -2.12. The number of para-hydroxylation sites is 2. The molecular formula is C23H20N2O6S. The van der Waals surface area contributed by atoms with E-state index in [4.69, 9.17) is 14.2 Å². The fourth-order valence-corrected chi connectivity index (χ4v) is 4.16. The second-order valence-corrected chi connectivity index (χ2v) is 8.45. The molecule has 0 fully saturated rings. The van der Waals surface area contributed by atoms with Crippen molar-refractivity contribution in [2.24, 2.45) is 0 Å². The monoisotopic (exact) mass is 452 g/mol. The third-order valence-corrected chi connectivity index (χ3v) is 5.95. The summed E-state index contributed by atoms with van der Waals surface area (Å²) < 4.78 is 43.9. The zero-order chi connectivity index (χ0) is 22.6. The molecule has 32 heavy (non-hydrogen) atoms. The summed E-state index contributed by atoms with van der Waals surface area (Å²) in [5, 5.41) is 2.66. The number of nitrogens with one attached hydrogen (secondary N) is 2. The van der Waals surface area contributed by atoms with E-state index in [1.165, 1.54) is 25.3 Å². The number of methoxy groups -OCH3 is 1. The number of amides is 1. The topological polar surface area (TPSA) is 103 Å². The van der Waals surface area contributed by atoms with E-state index in [2.05, 4.69) is 10.0 Å². The molecule has 0 aliphatic carbocycles. The third-order valence-electron chi connectivity index (χ3n) is 4.59. The highest BCUT2D eigenvalue weighted by Crippen LogP contribution is 2.33. The van der Waals surface area contributed by atoms with Crippen LogP contribution in [0.3, 0.4) is 0 Å². The predicted octanol–water partition coefficient (Wildman–Crippen LogP) is 3.88. The van der Waals surface area contributed by atoms with Gasteiger partial charge in [0.25, 0.3) is 10.0 Å². The Hall–Kier alpha value is -3.98. The largest absolute Gasteiger partial charge is 0.495 e. The minimum absolute atomic E-state index is 0.000886. The smallest absolute Gasteiger partial charge is 0.262 e. The molecule has 0 saturated carbocycles. The van der Waals surface area contributed by atoms with E-state index in [1.807, 2.05) is 0 Å². The minimum Gasteiger partial charge on any atom is -0.495 e. The first kappa shape index (κ1) is 21.3. The molecule has 3 aromatic rings. The molecule has 0 atom stereocenters. The summed E-state index contributed by atoms with van der Waals surface area (Å²) in [6, 6.07) is 18.0. The van der Waals surface area contributed by atoms with Gasteiger partial charge >= 0.3 is 0 Å². The molecule has 4 rings (SSSR count). The molecule has 3 aromatic carbocycles. The lowest BCUT2D eigenvalue weighted by atomic mass is 10.2. The van der Waals surface area contributed by atoms with Gasteiger partial charge in [0.2, 0.25) is 12.7 Å². The summed E-state index contributed by atoms with van der Waals surface area (Å²) in [5.74, 6) is 1.27. The van der Waals surface area contributed by atoms with E-state index < -0.39 is 15.9 Å². The van der Waals surface area contributed by atoms with Crippen LogP contribution in [0.1, 0.15) is 5.56 Å². The van der Waals surface area contributed by atoms with E-state index in [0.29, 0.717) is 28.6 Å². The van der Waals surface area contributed by atoms with Gasteiger partial charge in [0.1, 0.15) is 5.75 Å². The van der Waals surface area contributed by atoms with Crippen LogP contribution < -0.4 is 24.2 Å². The average Bonchev–Trinajstić information content (AvgIpc) is 3.26. The number of hydrogen-bond acceptors (Lipinski definition) is 6. The maximum atomic E-state index is 12.8. The summed E-state index contributed by atoms with van der Waals surface area (Å²) in [4.78, 5) is 12.3. The van der Waals surface area contributed by atoms with Crippen LogP contribution in [-0.2, 0) is 14.8 Å². The number of benzene rings is 3. The first-order valence-corrected chi connectivity index (χ1v) is 11.1. The van der Waals surface area contributed by atoms with Gasteiger partial charge in [-0.2, -0.15) is 0 Å². The standard InChI is InChI=1S/C23H20N2O6S/c1-29-20-8-3-2-7-19(20)25-32(27,28)18-6-4-5-17(14-18)24-23(26)12-10-16-9-11-21-22(13-16)31-15-30-21/h2-14,25H,15H2,1H3,(H,24,26)/b12-10-. The molecule has 0 aromatic heterocycles. The van der Waals surface area contributed by atoms with E-state index in [1.54, 1.807) is 60.7 Å². The summed E-state index contributed by atoms with van der Waals surface area (Å²) in [5.41, 5.74) is 1.42. The maximum absolute atomic E-state index is 12.8. The van der Waals surface area contributed by atoms with Crippen LogP contribution in [0.15, 0.2) is 77.7 Å². The van der Waals surface area contributed by atoms with Crippen molar-refractivity contribution in [3.63, 3.8) is 0 Å². The quantitative estimate of drug-likeness (QED) is 0.528. The highest BCUT2D eigenvalue weighted by Gasteiger charge is 2.17. The number of rotatable bonds is 7. The Kier molecular flexibility index (Phi) is 6.00. The van der Waals surface area contributed by atoms with E-state index >= 15 is 0 Å². The normalized spacial score (nSPS) is 12.5. The van der Waals surface area contributed by atoms with E-state index in [-0.39, 0.29) is 11.7 Å². The molecule has 0 spiro atoms. The minimum atomic E-state index is -3.89. The Bertz CT molecular complexity index is 1290. The zero-order valence-corrected chi connectivity index (χ0v) is 17.9. The van der Waals surface area contributed by atoms with Crippen LogP contribution >= 0.6 is 0 Å². The van der Waals surface area contributed by atoms with Crippen molar-refractivity contribution in [3.8, 4) is 17.2 Å². The Morgan fingerprint density at radius 2 is 1.81 bits per heavy atom. The molecule has 1 amide bonds. The lowest BCUT2D eigenvalue weighted by molar-refractivity contribution is -0.111. The van der Waals surface area contributed by atoms with E-state index in [9.17, 15) is 13.2 Å². The number of fused-ring (bicyclic) bond motifs is 1. The molecule has 8 nitrogen and oxygen atoms in total. The van der Waals surface area contributed by atoms with Gasteiger partial charge in [-0.1, -0.05) is 24.3 Å². The maximum Gasteiger partial charge on any atom is 0.262 e. The molecule has 1 aliphatic rings. The summed E-state index contributed by atoms with van der Waals surface area (Å²) in [7, 11) is -2.43. The average molecular weight is 452 g/mol. The van der Waals surface area contributed by atoms with Crippen LogP contribution in [0.5, 0.6) is 17.2 Å². The van der Waals surface area contributed by atoms with Crippen LogP contribution in [0, 0.1) is 0 Å². The van der Waals surface area contributed by atoms with Crippen molar-refractivity contribution in [2.75, 3.05) is 23.9 Å². The summed E-state index contributed by atoms with van der Waals surface area (Å²) >= 11 is 0. The Morgan fingerprint density at radius 1 is 1.00 bits per heavy atom. The second kappa shape index (κ2) is 9.03. The van der Waals surface area contributed by atoms with E-state index in [0.717, 1.165) is 5.56 Å². The van der Waals surface area contributed by atoms with Gasteiger partial charge in [0, 0.05) is 11.8 Å². The molecular weight excluding hydrogens is 432 g/mol. The highest BCUT2D eigenvalue weighted by molar-refractivity contribution is 7.92. The van der Waals surface area contributed by atoms with Crippen LogP contribution in [0.4, 0.5) is 11.4 Å². The van der Waals surface area contributed by atoms with Crippen molar-refractivity contribution in [2.45, 2.75) is 4.90 Å². The van der Waals surface area contributed by atoms with Gasteiger partial charge in [-0.25, -0.2) is 8.42 Å². The van der Waals surface area contributed by atoms with Gasteiger partial charge in [0.15, 0.2) is 11.5 Å². The molecule has 1 heterocycles. The first-order valence-electron chi connectivity index (χ1n) is 9.59. The van der Waals surface area contributed by atoms with Crippen molar-refractivity contribution in [3.05, 3.63) is 78.4 Å². The molecule has 0 saturated heterocycles. The summed E-state index contributed by atoms with van der Waals surface area (Å²) in [6.45, 7) is 0.175. The summed E-state index contributed by atoms with van der Waals surface area (Å²) in [6.07, 6.45) is 2.98. The molecule has 1 aliphatic heterocycles. The van der Waals surface area contributed by atoms with Crippen molar-refractivity contribution < 1.29 is 27.4 Å². The van der Waals surface area contributed by atoms with Gasteiger partial charge < -0.3 is 19.5 Å². The number of ether oxygens (including phenoxy) is 3. The first-order chi connectivity index (χ1) is 15.4. The van der Waals surface area contributed by atoms with Gasteiger partial charge in [0.05, 0.1) is 17.7 Å². The Labute approximate surface area is 185 Å². The fraction of sp³-hybridized carbons (Fsp3) is 0.0870. The van der Waals surface area contributed by atoms with Crippen molar-refractivity contribution in [1.29, 1.82) is 0 Å². The molecule has 164 valence electrons. The van der Waals surface area contributed by atoms with Gasteiger partial charge in [-0.05, 0) is 54.1 Å². The number of carbonyl (C=O) groups is 1. The highest BCUT2D eigenvalue weighted by atomic mass is 32.2. The van der Waals surface area contributed by atoms with Crippen molar-refractivity contribution in [1.82, 2.24) is 0 Å². The Balaban J connectivity index is 1.46. The van der Waals surface area contributed by atoms with Crippen LogP contribution in [0.25, 0.3) is 6.08 Å². The van der Waals surface area contributed by atoms with Gasteiger partial charge in [-0.3, -0.25) is 9.52 Å². The SMILES string of the molecule is COc1ccccc1NS(=O)(=O)c1cccc(NC(=O)/C=C\c2ccc3c(c2)OCO3)c1. The zero-order valence-electron chi connectivity index (χ0n) is 17.1. The number of carbonyl (C=O) groups excluding carboxylic acids is 1. The molecule has 9 heteroatoms. The number of anilines is 2. The number of sulfonamides is 1. The molecule has 0 bridgehead atoms. The Morgan fingerprint density at radius 3 is 2.66 bits per heavy atom. The molecule has 0 unspecified atom stereocenters. The molecule has 0 radical (unpaired) electrons.